The predicted molar refractivity (Wildman–Crippen MR) is 66.9 cm³/mol. The Bertz CT molecular complexity index is 366. The molecule has 2 rings (SSSR count). The van der Waals surface area contributed by atoms with Crippen LogP contribution in [0.3, 0.4) is 0 Å². The van der Waals surface area contributed by atoms with Crippen LogP contribution in [0.2, 0.25) is 0 Å². The van der Waals surface area contributed by atoms with Gasteiger partial charge in [0.15, 0.2) is 18.9 Å². The maximum atomic E-state index is 9.96. The van der Waals surface area contributed by atoms with E-state index in [2.05, 4.69) is 0 Å². The molecule has 0 aromatic heterocycles. The first-order valence-corrected chi connectivity index (χ1v) is 6.93. The van der Waals surface area contributed by atoms with Crippen LogP contribution in [0.4, 0.5) is 0 Å². The Kier molecular flexibility index (Phi) is 5.72. The van der Waals surface area contributed by atoms with E-state index in [-0.39, 0.29) is 0 Å². The zero-order chi connectivity index (χ0) is 16.6. The molecule has 10 atom stereocenters. The standard InChI is InChI=1S/C12H22O10/c1-3-5(14)10(19)21-11(6(3)15)22-12-9(18)8(17)7(16)4(2-13)20-12/h3-19H,2H2,1H3/t3-,4-,5+,6+,7-,8+,9+,10+,11?,12-/m1/s1. The minimum atomic E-state index is -1.66. The van der Waals surface area contributed by atoms with Crippen LogP contribution in [-0.2, 0) is 14.2 Å². The van der Waals surface area contributed by atoms with Crippen molar-refractivity contribution < 1.29 is 50.0 Å². The van der Waals surface area contributed by atoms with Gasteiger partial charge in [-0.2, -0.15) is 0 Å². The lowest BCUT2D eigenvalue weighted by atomic mass is 9.94. The summed E-state index contributed by atoms with van der Waals surface area (Å²) in [5.74, 6) is -0.779. The summed E-state index contributed by atoms with van der Waals surface area (Å²) < 4.78 is 15.2. The van der Waals surface area contributed by atoms with Crippen LogP contribution in [0.15, 0.2) is 0 Å². The van der Waals surface area contributed by atoms with Gasteiger partial charge in [0.1, 0.15) is 36.6 Å². The highest BCUT2D eigenvalue weighted by atomic mass is 16.8. The Labute approximate surface area is 126 Å². The molecule has 2 aliphatic heterocycles. The Morgan fingerprint density at radius 2 is 1.36 bits per heavy atom. The number of aliphatic hydroxyl groups excluding tert-OH is 7. The summed E-state index contributed by atoms with van der Waals surface area (Å²) in [6, 6.07) is 0. The second-order valence-electron chi connectivity index (χ2n) is 5.57. The summed E-state index contributed by atoms with van der Waals surface area (Å²) in [7, 11) is 0. The fourth-order valence-electron chi connectivity index (χ4n) is 2.43. The lowest BCUT2D eigenvalue weighted by Crippen LogP contribution is -2.62. The summed E-state index contributed by atoms with van der Waals surface area (Å²) in [5.41, 5.74) is 0. The topological polar surface area (TPSA) is 169 Å². The minimum absolute atomic E-state index is 0.628. The molecule has 10 heteroatoms. The van der Waals surface area contributed by atoms with Crippen molar-refractivity contribution in [2.45, 2.75) is 62.4 Å². The molecule has 0 aromatic rings. The van der Waals surface area contributed by atoms with Crippen molar-refractivity contribution in [2.75, 3.05) is 6.61 Å². The van der Waals surface area contributed by atoms with Crippen LogP contribution in [0.1, 0.15) is 6.92 Å². The molecule has 0 saturated carbocycles. The summed E-state index contributed by atoms with van der Waals surface area (Å²) in [6.07, 6.45) is -13.2. The second kappa shape index (κ2) is 7.01. The van der Waals surface area contributed by atoms with E-state index in [9.17, 15) is 30.6 Å². The molecule has 2 heterocycles. The molecule has 0 aromatic carbocycles. The minimum Gasteiger partial charge on any atom is -0.394 e. The van der Waals surface area contributed by atoms with Gasteiger partial charge in [-0.05, 0) is 0 Å². The third-order valence-corrected chi connectivity index (χ3v) is 4.04. The van der Waals surface area contributed by atoms with Gasteiger partial charge in [-0.15, -0.1) is 0 Å². The van der Waals surface area contributed by atoms with Crippen molar-refractivity contribution in [3.05, 3.63) is 0 Å². The first kappa shape index (κ1) is 17.9. The first-order chi connectivity index (χ1) is 10.3. The van der Waals surface area contributed by atoms with E-state index < -0.39 is 68.0 Å². The van der Waals surface area contributed by atoms with Gasteiger partial charge in [0.25, 0.3) is 0 Å². The Morgan fingerprint density at radius 1 is 0.773 bits per heavy atom. The first-order valence-electron chi connectivity index (χ1n) is 6.93. The molecule has 10 nitrogen and oxygen atoms in total. The normalized spacial score (nSPS) is 53.5. The molecule has 2 aliphatic rings. The van der Waals surface area contributed by atoms with Crippen molar-refractivity contribution in [3.63, 3.8) is 0 Å². The van der Waals surface area contributed by atoms with Crippen molar-refractivity contribution in [3.8, 4) is 0 Å². The molecule has 130 valence electrons. The highest BCUT2D eigenvalue weighted by Crippen LogP contribution is 2.29. The SMILES string of the molecule is C[C@@H]1[C@H](O)[C@@H](O)OC(O[C@H]2O[C@H](CO)[C@@H](O)[C@H](O)[C@@H]2O)[C@H]1O. The second-order valence-corrected chi connectivity index (χ2v) is 5.57. The molecule has 0 spiro atoms. The molecule has 1 unspecified atom stereocenters. The highest BCUT2D eigenvalue weighted by molar-refractivity contribution is 4.90. The van der Waals surface area contributed by atoms with E-state index in [0.717, 1.165) is 0 Å². The van der Waals surface area contributed by atoms with Crippen LogP contribution in [0, 0.1) is 5.92 Å². The maximum Gasteiger partial charge on any atom is 0.190 e. The number of rotatable bonds is 3. The third-order valence-electron chi connectivity index (χ3n) is 4.04. The smallest absolute Gasteiger partial charge is 0.190 e. The predicted octanol–water partition coefficient (Wildman–Crippen LogP) is -4.16. The number of hydrogen-bond donors (Lipinski definition) is 7. The number of hydrogen-bond acceptors (Lipinski definition) is 10. The van der Waals surface area contributed by atoms with Crippen LogP contribution in [-0.4, -0.2) is 97.8 Å². The molecule has 2 fully saturated rings. The van der Waals surface area contributed by atoms with E-state index in [1.807, 2.05) is 0 Å². The number of aliphatic hydroxyl groups is 7. The molecule has 0 bridgehead atoms. The Balaban J connectivity index is 2.05. The van der Waals surface area contributed by atoms with E-state index >= 15 is 0 Å². The molecular weight excluding hydrogens is 304 g/mol. The van der Waals surface area contributed by atoms with Crippen molar-refractivity contribution in [1.82, 2.24) is 0 Å². The molecule has 0 radical (unpaired) electrons. The molecule has 7 N–H and O–H groups in total. The van der Waals surface area contributed by atoms with E-state index in [1.165, 1.54) is 6.92 Å². The molecule has 0 aliphatic carbocycles. The average Bonchev–Trinajstić information content (AvgIpc) is 2.50. The lowest BCUT2D eigenvalue weighted by Gasteiger charge is -2.44. The van der Waals surface area contributed by atoms with Crippen molar-refractivity contribution >= 4 is 0 Å². The highest BCUT2D eigenvalue weighted by Gasteiger charge is 2.48. The summed E-state index contributed by atoms with van der Waals surface area (Å²) in [5, 5.41) is 67.3. The summed E-state index contributed by atoms with van der Waals surface area (Å²) in [6.45, 7) is 0.835. The van der Waals surface area contributed by atoms with Gasteiger partial charge < -0.3 is 50.0 Å². The Hall–Kier alpha value is -0.400. The fraction of sp³-hybridized carbons (Fsp3) is 1.00. The summed E-state index contributed by atoms with van der Waals surface area (Å²) in [4.78, 5) is 0. The van der Waals surface area contributed by atoms with Gasteiger partial charge in [-0.3, -0.25) is 0 Å². The van der Waals surface area contributed by atoms with Crippen LogP contribution in [0.5, 0.6) is 0 Å². The van der Waals surface area contributed by atoms with Gasteiger partial charge in [-0.1, -0.05) is 6.92 Å². The van der Waals surface area contributed by atoms with Gasteiger partial charge in [0.2, 0.25) is 0 Å². The summed E-state index contributed by atoms with van der Waals surface area (Å²) >= 11 is 0. The number of ether oxygens (including phenoxy) is 3. The molecular formula is C12H22O10. The molecule has 0 amide bonds. The average molecular weight is 326 g/mol. The van der Waals surface area contributed by atoms with Gasteiger partial charge in [-0.25, -0.2) is 0 Å². The van der Waals surface area contributed by atoms with E-state index in [1.54, 1.807) is 0 Å². The van der Waals surface area contributed by atoms with Crippen molar-refractivity contribution in [1.29, 1.82) is 0 Å². The molecule has 2 saturated heterocycles. The van der Waals surface area contributed by atoms with Crippen LogP contribution in [0.25, 0.3) is 0 Å². The Morgan fingerprint density at radius 3 is 1.95 bits per heavy atom. The third kappa shape index (κ3) is 3.26. The van der Waals surface area contributed by atoms with Gasteiger partial charge >= 0.3 is 0 Å². The van der Waals surface area contributed by atoms with Gasteiger partial charge in [0.05, 0.1) is 6.61 Å². The molecule has 22 heavy (non-hydrogen) atoms. The largest absolute Gasteiger partial charge is 0.394 e. The quantitative estimate of drug-likeness (QED) is 0.270. The fourth-order valence-corrected chi connectivity index (χ4v) is 2.43. The zero-order valence-electron chi connectivity index (χ0n) is 11.8. The lowest BCUT2D eigenvalue weighted by molar-refractivity contribution is -0.389. The van der Waals surface area contributed by atoms with Crippen molar-refractivity contribution in [2.24, 2.45) is 5.92 Å². The van der Waals surface area contributed by atoms with E-state index in [0.29, 0.717) is 0 Å². The zero-order valence-corrected chi connectivity index (χ0v) is 11.8. The monoisotopic (exact) mass is 326 g/mol. The van der Waals surface area contributed by atoms with Crippen LogP contribution < -0.4 is 0 Å². The van der Waals surface area contributed by atoms with Crippen LogP contribution >= 0.6 is 0 Å². The van der Waals surface area contributed by atoms with E-state index in [4.69, 9.17) is 19.3 Å². The van der Waals surface area contributed by atoms with Gasteiger partial charge in [0, 0.05) is 5.92 Å². The maximum absolute atomic E-state index is 9.96.